The summed E-state index contributed by atoms with van der Waals surface area (Å²) < 4.78 is 30.4. The first-order valence-electron chi connectivity index (χ1n) is 34.4. The molecule has 3 unspecified atom stereocenters. The summed E-state index contributed by atoms with van der Waals surface area (Å²) in [6, 6.07) is -0.886. The molecule has 80 heavy (non-hydrogen) atoms. The second-order valence-corrected chi connectivity index (χ2v) is 26.1. The maximum Gasteiger partial charge on any atom is 0.306 e. The molecule has 0 aromatic heterocycles. The Kier molecular flexibility index (Phi) is 58.6. The van der Waals surface area contributed by atoms with Crippen LogP contribution in [0.3, 0.4) is 0 Å². The molecule has 0 aliphatic rings. The lowest BCUT2D eigenvalue weighted by atomic mass is 10.0. The van der Waals surface area contributed by atoms with Crippen LogP contribution in [-0.4, -0.2) is 69.4 Å². The van der Waals surface area contributed by atoms with Crippen LogP contribution in [0.2, 0.25) is 0 Å². The highest BCUT2D eigenvalue weighted by Gasteiger charge is 2.27. The molecule has 3 atom stereocenters. The number of carbonyl (C=O) groups excluding carboxylic acids is 2. The zero-order valence-corrected chi connectivity index (χ0v) is 54.7. The summed E-state index contributed by atoms with van der Waals surface area (Å²) in [5, 5.41) is 3.04. The van der Waals surface area contributed by atoms with E-state index in [-0.39, 0.29) is 31.5 Å². The number of quaternary nitrogens is 1. The first-order chi connectivity index (χ1) is 38.9. The minimum atomic E-state index is -4.70. The fraction of sp³-hybridized carbons (Fsp3) is 0.857. The van der Waals surface area contributed by atoms with Crippen LogP contribution in [0, 0.1) is 0 Å². The monoisotopic (exact) mass is 1140 g/mol. The normalized spacial score (nSPS) is 13.8. The van der Waals surface area contributed by atoms with Gasteiger partial charge in [0.25, 0.3) is 7.82 Å². The van der Waals surface area contributed by atoms with Gasteiger partial charge >= 0.3 is 5.97 Å². The van der Waals surface area contributed by atoms with E-state index in [9.17, 15) is 19.0 Å². The highest BCUT2D eigenvalue weighted by atomic mass is 31.2. The van der Waals surface area contributed by atoms with Crippen molar-refractivity contribution >= 4 is 19.7 Å². The molecule has 0 bridgehead atoms. The lowest BCUT2D eigenvalue weighted by Gasteiger charge is -2.30. The second-order valence-electron chi connectivity index (χ2n) is 24.7. The fourth-order valence-corrected chi connectivity index (χ4v) is 10.9. The van der Waals surface area contributed by atoms with Crippen LogP contribution in [0.25, 0.3) is 0 Å². The van der Waals surface area contributed by atoms with Gasteiger partial charge in [-0.05, 0) is 70.3 Å². The van der Waals surface area contributed by atoms with Crippen molar-refractivity contribution in [3.05, 3.63) is 48.6 Å². The third-order valence-electron chi connectivity index (χ3n) is 15.5. The van der Waals surface area contributed by atoms with Gasteiger partial charge in [-0.3, -0.25) is 14.2 Å². The maximum atomic E-state index is 13.6. The molecule has 0 saturated heterocycles. The summed E-state index contributed by atoms with van der Waals surface area (Å²) in [6.45, 7) is 6.86. The SMILES string of the molecule is CCCCC/C=C\C/C=C\C/C=C\CCCCCCCCCCCCCCC(=O)OC(/C=C/CCCCCCCCCCCC)C(COP(=O)([O-])OCC[N+](C)(C)C)NC(=O)CCCCCCCCCCCCCCCCCCC. The Morgan fingerprint density at radius 3 is 1.16 bits per heavy atom. The van der Waals surface area contributed by atoms with Gasteiger partial charge in [-0.25, -0.2) is 0 Å². The number of carbonyl (C=O) groups is 2. The molecule has 0 aliphatic heterocycles. The molecule has 9 nitrogen and oxygen atoms in total. The van der Waals surface area contributed by atoms with Crippen molar-refractivity contribution in [1.29, 1.82) is 0 Å². The molecule has 1 amide bonds. The first-order valence-corrected chi connectivity index (χ1v) is 35.9. The van der Waals surface area contributed by atoms with E-state index in [1.807, 2.05) is 33.3 Å². The number of ether oxygens (including phenoxy) is 1. The van der Waals surface area contributed by atoms with Crippen molar-refractivity contribution in [1.82, 2.24) is 5.32 Å². The van der Waals surface area contributed by atoms with Crippen LogP contribution in [0.15, 0.2) is 48.6 Å². The van der Waals surface area contributed by atoms with E-state index in [2.05, 4.69) is 62.5 Å². The average molecular weight is 1150 g/mol. The Labute approximate surface area is 497 Å². The van der Waals surface area contributed by atoms with Gasteiger partial charge in [0.1, 0.15) is 19.3 Å². The number of allylic oxidation sites excluding steroid dienone is 7. The van der Waals surface area contributed by atoms with E-state index in [1.54, 1.807) is 0 Å². The fourth-order valence-electron chi connectivity index (χ4n) is 10.2. The number of nitrogens with one attached hydrogen (secondary N) is 1. The molecule has 1 N–H and O–H groups in total. The van der Waals surface area contributed by atoms with E-state index >= 15 is 0 Å². The summed E-state index contributed by atoms with van der Waals surface area (Å²) in [7, 11) is 1.20. The number of likely N-dealkylation sites (N-methyl/N-ethyl adjacent to an activating group) is 1. The molecule has 0 aromatic rings. The smallest absolute Gasteiger partial charge is 0.306 e. The number of hydrogen-bond acceptors (Lipinski definition) is 7. The zero-order valence-electron chi connectivity index (χ0n) is 53.8. The van der Waals surface area contributed by atoms with Crippen LogP contribution in [0.5, 0.6) is 0 Å². The molecular weight excluding hydrogens is 1010 g/mol. The van der Waals surface area contributed by atoms with Gasteiger partial charge in [0.15, 0.2) is 0 Å². The van der Waals surface area contributed by atoms with E-state index in [0.717, 1.165) is 70.6 Å². The van der Waals surface area contributed by atoms with Crippen LogP contribution >= 0.6 is 7.82 Å². The topological polar surface area (TPSA) is 114 Å². The summed E-state index contributed by atoms with van der Waals surface area (Å²) in [5.74, 6) is -0.527. The van der Waals surface area contributed by atoms with Gasteiger partial charge in [-0.2, -0.15) is 0 Å². The quantitative estimate of drug-likeness (QED) is 0.0212. The van der Waals surface area contributed by atoms with Gasteiger partial charge in [0, 0.05) is 12.8 Å². The molecule has 0 saturated carbocycles. The molecule has 0 fully saturated rings. The standard InChI is InChI=1S/C70H133N2O7P/c1-7-10-13-16-19-22-25-28-30-32-33-34-35-36-37-38-39-41-43-45-48-51-54-57-60-63-70(74)79-68(61-58-55-52-49-46-27-24-21-18-15-12-9-3)67(66-78-80(75,76)77-65-64-72(4,5)6)71-69(73)62-59-56-53-50-47-44-42-40-31-29-26-23-20-17-14-11-8-2/h19,22,28,30,33-34,58,61,67-68H,7-18,20-21,23-27,29,31-32,35-57,59-60,62-66H2,1-6H3,(H-,71,73,75,76)/b22-19-,30-28-,34-33-,61-58+. The zero-order chi connectivity index (χ0) is 58.6. The molecule has 0 aromatic carbocycles. The van der Waals surface area contributed by atoms with Crippen LogP contribution in [0.4, 0.5) is 0 Å². The lowest BCUT2D eigenvalue weighted by molar-refractivity contribution is -0.870. The van der Waals surface area contributed by atoms with Gasteiger partial charge in [-0.1, -0.05) is 301 Å². The Balaban J connectivity index is 5.07. The number of hydrogen-bond donors (Lipinski definition) is 1. The number of phosphoric ester groups is 1. The highest BCUT2D eigenvalue weighted by Crippen LogP contribution is 2.38. The molecule has 10 heteroatoms. The molecule has 470 valence electrons. The van der Waals surface area contributed by atoms with E-state index < -0.39 is 20.0 Å². The maximum absolute atomic E-state index is 13.6. The predicted molar refractivity (Wildman–Crippen MR) is 344 cm³/mol. The molecule has 0 rings (SSSR count). The van der Waals surface area contributed by atoms with Crippen LogP contribution < -0.4 is 10.2 Å². The molecule has 0 spiro atoms. The Bertz CT molecular complexity index is 1510. The van der Waals surface area contributed by atoms with Crippen molar-refractivity contribution < 1.29 is 37.3 Å². The number of esters is 1. The number of nitrogens with zero attached hydrogens (tertiary/aromatic N) is 1. The van der Waals surface area contributed by atoms with Crippen molar-refractivity contribution in [2.24, 2.45) is 0 Å². The first kappa shape index (κ1) is 78.0. The largest absolute Gasteiger partial charge is 0.756 e. The molecule has 0 radical (unpaired) electrons. The summed E-state index contributed by atoms with van der Waals surface area (Å²) in [4.78, 5) is 40.1. The summed E-state index contributed by atoms with van der Waals surface area (Å²) in [5.41, 5.74) is 0. The molecule has 0 aliphatic carbocycles. The Hall–Kier alpha value is -2.03. The minimum absolute atomic E-state index is 0.0205. The minimum Gasteiger partial charge on any atom is -0.756 e. The van der Waals surface area contributed by atoms with Gasteiger partial charge in [0.05, 0.1) is 33.8 Å². The van der Waals surface area contributed by atoms with E-state index in [1.165, 1.54) is 231 Å². The van der Waals surface area contributed by atoms with E-state index in [4.69, 9.17) is 13.8 Å². The highest BCUT2D eigenvalue weighted by molar-refractivity contribution is 7.45. The van der Waals surface area contributed by atoms with Gasteiger partial charge in [-0.15, -0.1) is 0 Å². The van der Waals surface area contributed by atoms with Crippen molar-refractivity contribution in [2.75, 3.05) is 40.9 Å². The van der Waals surface area contributed by atoms with Crippen molar-refractivity contribution in [3.8, 4) is 0 Å². The van der Waals surface area contributed by atoms with Gasteiger partial charge < -0.3 is 28.5 Å². The lowest BCUT2D eigenvalue weighted by Crippen LogP contribution is -2.47. The number of phosphoric acid groups is 1. The molecular formula is C70H133N2O7P. The van der Waals surface area contributed by atoms with Crippen molar-refractivity contribution in [3.63, 3.8) is 0 Å². The third-order valence-corrected chi connectivity index (χ3v) is 16.5. The number of amides is 1. The van der Waals surface area contributed by atoms with Crippen LogP contribution in [0.1, 0.15) is 335 Å². The Morgan fingerprint density at radius 2 is 0.762 bits per heavy atom. The Morgan fingerprint density at radius 1 is 0.438 bits per heavy atom. The molecule has 0 heterocycles. The van der Waals surface area contributed by atoms with Crippen molar-refractivity contribution in [2.45, 2.75) is 348 Å². The average Bonchev–Trinajstić information content (AvgIpc) is 3.42. The van der Waals surface area contributed by atoms with E-state index in [0.29, 0.717) is 17.4 Å². The summed E-state index contributed by atoms with van der Waals surface area (Å²) in [6.07, 6.45) is 75.1. The number of rotatable bonds is 63. The predicted octanol–water partition coefficient (Wildman–Crippen LogP) is 21.0. The second kappa shape index (κ2) is 60.1. The summed E-state index contributed by atoms with van der Waals surface area (Å²) >= 11 is 0. The third kappa shape index (κ3) is 60.6. The number of unbranched alkanes of at least 4 members (excludes halogenated alkanes) is 41. The van der Waals surface area contributed by atoms with Crippen LogP contribution in [-0.2, 0) is 27.9 Å². The van der Waals surface area contributed by atoms with Gasteiger partial charge in [0.2, 0.25) is 5.91 Å².